The third-order valence-corrected chi connectivity index (χ3v) is 5.48. The highest BCUT2D eigenvalue weighted by Gasteiger charge is 2.36. The highest BCUT2D eigenvalue weighted by Crippen LogP contribution is 2.23. The number of carbonyl (C=O) groups is 5. The number of ketones is 1. The molecule has 10 nitrogen and oxygen atoms in total. The first kappa shape index (κ1) is 24.5. The Balaban J connectivity index is 1.79. The second-order valence-corrected chi connectivity index (χ2v) is 8.86. The van der Waals surface area contributed by atoms with Crippen LogP contribution in [-0.2, 0) is 19.1 Å². The SMILES string of the molecule is CC(C)OC(=O)Nc1ccc(Cl)cc1C(=O)NC(C[C@@H]1CCNC1=O)C(=O)C(=O)NC1CC1. The van der Waals surface area contributed by atoms with Crippen molar-refractivity contribution in [3.05, 3.63) is 28.8 Å². The van der Waals surface area contributed by atoms with Crippen LogP contribution in [0.4, 0.5) is 10.5 Å². The molecular weight excluding hydrogens is 452 g/mol. The Bertz CT molecular complexity index is 962. The molecule has 1 heterocycles. The summed E-state index contributed by atoms with van der Waals surface area (Å²) in [4.78, 5) is 62.4. The highest BCUT2D eigenvalue weighted by atomic mass is 35.5. The number of benzene rings is 1. The quantitative estimate of drug-likeness (QED) is 0.398. The van der Waals surface area contributed by atoms with E-state index in [-0.39, 0.29) is 40.7 Å². The van der Waals surface area contributed by atoms with Crippen LogP contribution in [0.5, 0.6) is 0 Å². The fourth-order valence-corrected chi connectivity index (χ4v) is 3.60. The van der Waals surface area contributed by atoms with Gasteiger partial charge >= 0.3 is 6.09 Å². The fourth-order valence-electron chi connectivity index (χ4n) is 3.43. The third-order valence-electron chi connectivity index (χ3n) is 5.25. The average Bonchev–Trinajstić information content (AvgIpc) is 3.47. The zero-order valence-electron chi connectivity index (χ0n) is 18.4. The molecule has 1 saturated carbocycles. The molecule has 178 valence electrons. The van der Waals surface area contributed by atoms with Gasteiger partial charge in [-0.3, -0.25) is 24.5 Å². The van der Waals surface area contributed by atoms with Gasteiger partial charge in [0.15, 0.2) is 0 Å². The van der Waals surface area contributed by atoms with Crippen molar-refractivity contribution < 1.29 is 28.7 Å². The second kappa shape index (κ2) is 10.7. The molecule has 2 fully saturated rings. The summed E-state index contributed by atoms with van der Waals surface area (Å²) >= 11 is 6.04. The summed E-state index contributed by atoms with van der Waals surface area (Å²) in [6, 6.07) is 2.98. The Labute approximate surface area is 196 Å². The molecule has 1 aromatic rings. The van der Waals surface area contributed by atoms with Crippen molar-refractivity contribution in [2.24, 2.45) is 5.92 Å². The highest BCUT2D eigenvalue weighted by molar-refractivity contribution is 6.38. The van der Waals surface area contributed by atoms with Crippen molar-refractivity contribution in [1.82, 2.24) is 16.0 Å². The molecule has 0 spiro atoms. The minimum Gasteiger partial charge on any atom is -0.447 e. The minimum atomic E-state index is -1.22. The van der Waals surface area contributed by atoms with Crippen molar-refractivity contribution in [3.8, 4) is 0 Å². The molecule has 0 bridgehead atoms. The third kappa shape index (κ3) is 6.92. The molecule has 1 aliphatic carbocycles. The van der Waals surface area contributed by atoms with Gasteiger partial charge in [-0.25, -0.2) is 4.79 Å². The Kier molecular flexibility index (Phi) is 7.91. The van der Waals surface area contributed by atoms with Gasteiger partial charge in [-0.2, -0.15) is 0 Å². The van der Waals surface area contributed by atoms with Crippen molar-refractivity contribution >= 4 is 46.9 Å². The average molecular weight is 479 g/mol. The lowest BCUT2D eigenvalue weighted by molar-refractivity contribution is -0.139. The molecule has 0 aromatic heterocycles. The monoisotopic (exact) mass is 478 g/mol. The number of ether oxygens (including phenoxy) is 1. The predicted octanol–water partition coefficient (Wildman–Crippen LogP) is 1.77. The van der Waals surface area contributed by atoms with Crippen LogP contribution in [0.15, 0.2) is 18.2 Å². The molecule has 3 rings (SSSR count). The molecule has 33 heavy (non-hydrogen) atoms. The molecule has 1 aliphatic heterocycles. The second-order valence-electron chi connectivity index (χ2n) is 8.42. The first-order chi connectivity index (χ1) is 15.6. The van der Waals surface area contributed by atoms with Crippen LogP contribution in [0.2, 0.25) is 5.02 Å². The smallest absolute Gasteiger partial charge is 0.411 e. The number of rotatable bonds is 9. The maximum Gasteiger partial charge on any atom is 0.411 e. The number of amides is 4. The van der Waals surface area contributed by atoms with Gasteiger partial charge < -0.3 is 20.7 Å². The van der Waals surface area contributed by atoms with Crippen molar-refractivity contribution in [3.63, 3.8) is 0 Å². The van der Waals surface area contributed by atoms with Crippen molar-refractivity contribution in [2.45, 2.75) is 57.7 Å². The van der Waals surface area contributed by atoms with Gasteiger partial charge in [0.1, 0.15) is 0 Å². The van der Waals surface area contributed by atoms with Crippen LogP contribution in [0.1, 0.15) is 49.9 Å². The van der Waals surface area contributed by atoms with Crippen LogP contribution in [-0.4, -0.2) is 54.3 Å². The standard InChI is InChI=1S/C22H27ClN4O6/c1-11(2)33-22(32)27-16-6-3-13(23)10-15(16)20(30)26-17(9-12-7-8-24-19(12)29)18(28)21(31)25-14-4-5-14/h3,6,10-12,14,17H,4-5,7-9H2,1-2H3,(H,24,29)(H,25,31)(H,26,30)(H,27,32)/t12-,17?/m0/s1. The Morgan fingerprint density at radius 2 is 1.91 bits per heavy atom. The first-order valence-corrected chi connectivity index (χ1v) is 11.2. The number of nitrogens with one attached hydrogen (secondary N) is 4. The van der Waals surface area contributed by atoms with Gasteiger partial charge in [0.25, 0.3) is 11.8 Å². The first-order valence-electron chi connectivity index (χ1n) is 10.8. The van der Waals surface area contributed by atoms with E-state index in [9.17, 15) is 24.0 Å². The summed E-state index contributed by atoms with van der Waals surface area (Å²) in [6.07, 6.45) is 0.927. The number of Topliss-reactive ketones (excluding diaryl/α,β-unsaturated/α-hetero) is 1. The van der Waals surface area contributed by atoms with Gasteiger partial charge in [-0.1, -0.05) is 11.6 Å². The van der Waals surface area contributed by atoms with E-state index in [1.807, 2.05) is 0 Å². The maximum atomic E-state index is 13.1. The molecular formula is C22H27ClN4O6. The molecule has 0 radical (unpaired) electrons. The van der Waals surface area contributed by atoms with Crippen LogP contribution < -0.4 is 21.3 Å². The fraction of sp³-hybridized carbons (Fsp3) is 0.500. The molecule has 1 aromatic carbocycles. The molecule has 1 saturated heterocycles. The van der Waals surface area contributed by atoms with Gasteiger partial charge in [0, 0.05) is 23.5 Å². The van der Waals surface area contributed by atoms with Gasteiger partial charge in [-0.15, -0.1) is 0 Å². The van der Waals surface area contributed by atoms with Crippen LogP contribution >= 0.6 is 11.6 Å². The zero-order valence-corrected chi connectivity index (χ0v) is 19.2. The van der Waals surface area contributed by atoms with Crippen LogP contribution in [0, 0.1) is 5.92 Å². The summed E-state index contributed by atoms with van der Waals surface area (Å²) in [6.45, 7) is 3.82. The summed E-state index contributed by atoms with van der Waals surface area (Å²) in [7, 11) is 0. The van der Waals surface area contributed by atoms with Gasteiger partial charge in [0.05, 0.1) is 23.4 Å². The van der Waals surface area contributed by atoms with E-state index in [1.165, 1.54) is 18.2 Å². The van der Waals surface area contributed by atoms with E-state index in [2.05, 4.69) is 21.3 Å². The lowest BCUT2D eigenvalue weighted by Gasteiger charge is -2.21. The summed E-state index contributed by atoms with van der Waals surface area (Å²) < 4.78 is 5.05. The molecule has 4 amide bonds. The Morgan fingerprint density at radius 3 is 2.52 bits per heavy atom. The molecule has 2 atom stereocenters. The number of hydrogen-bond acceptors (Lipinski definition) is 6. The topological polar surface area (TPSA) is 143 Å². The lowest BCUT2D eigenvalue weighted by atomic mass is 9.95. The van der Waals surface area contributed by atoms with E-state index in [1.54, 1.807) is 13.8 Å². The normalized spacial score (nSPS) is 18.3. The maximum absolute atomic E-state index is 13.1. The summed E-state index contributed by atoms with van der Waals surface area (Å²) in [5.41, 5.74) is 0.106. The molecule has 1 unspecified atom stereocenters. The van der Waals surface area contributed by atoms with E-state index >= 15 is 0 Å². The number of halogens is 1. The van der Waals surface area contributed by atoms with Crippen LogP contribution in [0.25, 0.3) is 0 Å². The summed E-state index contributed by atoms with van der Waals surface area (Å²) in [5, 5.41) is 10.6. The molecule has 4 N–H and O–H groups in total. The Morgan fingerprint density at radius 1 is 1.18 bits per heavy atom. The van der Waals surface area contributed by atoms with Crippen molar-refractivity contribution in [1.29, 1.82) is 0 Å². The number of carbonyl (C=O) groups excluding carboxylic acids is 5. The van der Waals surface area contributed by atoms with E-state index in [4.69, 9.17) is 16.3 Å². The number of anilines is 1. The Hall–Kier alpha value is -3.14. The number of hydrogen-bond donors (Lipinski definition) is 4. The van der Waals surface area contributed by atoms with Gasteiger partial charge in [-0.05, 0) is 57.7 Å². The molecule has 11 heteroatoms. The predicted molar refractivity (Wildman–Crippen MR) is 120 cm³/mol. The van der Waals surface area contributed by atoms with Gasteiger partial charge in [0.2, 0.25) is 11.7 Å². The summed E-state index contributed by atoms with van der Waals surface area (Å²) in [5.74, 6) is -3.10. The van der Waals surface area contributed by atoms with E-state index in [0.29, 0.717) is 13.0 Å². The van der Waals surface area contributed by atoms with E-state index < -0.39 is 35.7 Å². The lowest BCUT2D eigenvalue weighted by Crippen LogP contribution is -2.49. The zero-order chi connectivity index (χ0) is 24.1. The largest absolute Gasteiger partial charge is 0.447 e. The molecule has 2 aliphatic rings. The minimum absolute atomic E-state index is 0.0144. The van der Waals surface area contributed by atoms with E-state index in [0.717, 1.165) is 12.8 Å². The van der Waals surface area contributed by atoms with Crippen molar-refractivity contribution in [2.75, 3.05) is 11.9 Å². The van der Waals surface area contributed by atoms with Crippen LogP contribution in [0.3, 0.4) is 0 Å².